The molecule has 0 bridgehead atoms. The van der Waals surface area contributed by atoms with Crippen LogP contribution in [0.3, 0.4) is 0 Å². The fraction of sp³-hybridized carbons (Fsp3) is 0.429. The molecule has 108 valence electrons. The van der Waals surface area contributed by atoms with Crippen molar-refractivity contribution in [1.29, 1.82) is 0 Å². The third-order valence-corrected chi connectivity index (χ3v) is 3.65. The number of carbonyl (C=O) groups excluding carboxylic acids is 2. The van der Waals surface area contributed by atoms with Crippen LogP contribution in [0, 0.1) is 11.7 Å². The quantitative estimate of drug-likeness (QED) is 0.698. The normalized spacial score (nSPS) is 22.2. The standard InChI is InChI=1S/C14H18FN3O2/c15-11-3-1-2-4-12(11)17-13(19)9-18-7-5-10(6-8-18)14(16)20/h1-4,10H,5-9H2,(H2,16,20)(H,17,19)/p+1. The van der Waals surface area contributed by atoms with Gasteiger partial charge in [0.2, 0.25) is 5.91 Å². The lowest BCUT2D eigenvalue weighted by molar-refractivity contribution is -0.897. The van der Waals surface area contributed by atoms with Crippen LogP contribution in [0.4, 0.5) is 10.1 Å². The summed E-state index contributed by atoms with van der Waals surface area (Å²) < 4.78 is 13.4. The van der Waals surface area contributed by atoms with Crippen LogP contribution in [-0.4, -0.2) is 31.4 Å². The molecule has 6 heteroatoms. The van der Waals surface area contributed by atoms with Crippen molar-refractivity contribution in [3.63, 3.8) is 0 Å². The minimum Gasteiger partial charge on any atom is -0.369 e. The first-order valence-electron chi connectivity index (χ1n) is 6.73. The lowest BCUT2D eigenvalue weighted by atomic mass is 9.96. The van der Waals surface area contributed by atoms with Gasteiger partial charge in [-0.05, 0) is 12.1 Å². The molecule has 20 heavy (non-hydrogen) atoms. The fourth-order valence-corrected chi connectivity index (χ4v) is 2.47. The van der Waals surface area contributed by atoms with Gasteiger partial charge in [0.1, 0.15) is 5.82 Å². The zero-order valence-electron chi connectivity index (χ0n) is 11.2. The maximum absolute atomic E-state index is 13.4. The van der Waals surface area contributed by atoms with E-state index in [0.717, 1.165) is 18.0 Å². The Morgan fingerprint density at radius 1 is 1.30 bits per heavy atom. The van der Waals surface area contributed by atoms with E-state index < -0.39 is 5.82 Å². The van der Waals surface area contributed by atoms with Crippen molar-refractivity contribution in [3.05, 3.63) is 30.1 Å². The molecule has 0 spiro atoms. The van der Waals surface area contributed by atoms with Crippen LogP contribution < -0.4 is 16.0 Å². The number of anilines is 1. The molecule has 1 fully saturated rings. The van der Waals surface area contributed by atoms with Crippen LogP contribution >= 0.6 is 0 Å². The molecule has 1 saturated heterocycles. The van der Waals surface area contributed by atoms with Crippen LogP contribution in [0.1, 0.15) is 12.8 Å². The molecule has 4 N–H and O–H groups in total. The minimum atomic E-state index is -0.441. The summed E-state index contributed by atoms with van der Waals surface area (Å²) in [4.78, 5) is 24.0. The van der Waals surface area contributed by atoms with E-state index in [9.17, 15) is 14.0 Å². The average Bonchev–Trinajstić information content (AvgIpc) is 2.42. The Balaban J connectivity index is 1.81. The Morgan fingerprint density at radius 3 is 2.55 bits per heavy atom. The van der Waals surface area contributed by atoms with Crippen molar-refractivity contribution in [1.82, 2.24) is 0 Å². The molecule has 1 aromatic carbocycles. The predicted molar refractivity (Wildman–Crippen MR) is 72.5 cm³/mol. The van der Waals surface area contributed by atoms with Gasteiger partial charge in [-0.25, -0.2) is 4.39 Å². The first kappa shape index (κ1) is 14.5. The topological polar surface area (TPSA) is 76.6 Å². The van der Waals surface area contributed by atoms with Crippen LogP contribution in [0.2, 0.25) is 0 Å². The largest absolute Gasteiger partial charge is 0.369 e. The van der Waals surface area contributed by atoms with Gasteiger partial charge in [-0.15, -0.1) is 0 Å². The third kappa shape index (κ3) is 3.77. The minimum absolute atomic E-state index is 0.0756. The molecule has 0 aliphatic carbocycles. The number of likely N-dealkylation sites (tertiary alicyclic amines) is 1. The molecule has 0 atom stereocenters. The second-order valence-electron chi connectivity index (χ2n) is 5.13. The van der Waals surface area contributed by atoms with E-state index in [1.54, 1.807) is 12.1 Å². The molecule has 0 radical (unpaired) electrons. The summed E-state index contributed by atoms with van der Waals surface area (Å²) in [5.74, 6) is -1.00. The monoisotopic (exact) mass is 280 g/mol. The van der Waals surface area contributed by atoms with Gasteiger partial charge in [-0.1, -0.05) is 12.1 Å². The predicted octanol–water partition coefficient (Wildman–Crippen LogP) is -0.456. The van der Waals surface area contributed by atoms with E-state index in [1.807, 2.05) is 0 Å². The number of nitrogens with two attached hydrogens (primary N) is 1. The Morgan fingerprint density at radius 2 is 1.95 bits per heavy atom. The van der Waals surface area contributed by atoms with Crippen molar-refractivity contribution >= 4 is 17.5 Å². The Bertz CT molecular complexity index is 499. The maximum Gasteiger partial charge on any atom is 0.279 e. The zero-order valence-corrected chi connectivity index (χ0v) is 11.2. The van der Waals surface area contributed by atoms with E-state index in [1.165, 1.54) is 12.1 Å². The molecular formula is C14H19FN3O2+. The first-order chi connectivity index (χ1) is 9.56. The Labute approximate surface area is 116 Å². The van der Waals surface area contributed by atoms with E-state index >= 15 is 0 Å². The molecule has 2 amide bonds. The van der Waals surface area contributed by atoms with E-state index in [4.69, 9.17) is 5.73 Å². The molecule has 5 nitrogen and oxygen atoms in total. The summed E-state index contributed by atoms with van der Waals surface area (Å²) in [6.07, 6.45) is 1.41. The number of hydrogen-bond donors (Lipinski definition) is 3. The number of piperidine rings is 1. The number of carbonyl (C=O) groups is 2. The highest BCUT2D eigenvalue weighted by atomic mass is 19.1. The summed E-state index contributed by atoms with van der Waals surface area (Å²) >= 11 is 0. The molecule has 1 aromatic rings. The number of primary amides is 1. The van der Waals surface area contributed by atoms with Gasteiger partial charge in [-0.2, -0.15) is 0 Å². The number of quaternary nitrogens is 1. The molecule has 0 unspecified atom stereocenters. The number of nitrogens with one attached hydrogen (secondary N) is 2. The fourth-order valence-electron chi connectivity index (χ4n) is 2.47. The highest BCUT2D eigenvalue weighted by molar-refractivity contribution is 5.91. The zero-order chi connectivity index (χ0) is 14.5. The second kappa shape index (κ2) is 6.47. The number of amides is 2. The molecule has 1 heterocycles. The Hall–Kier alpha value is -1.95. The maximum atomic E-state index is 13.4. The van der Waals surface area contributed by atoms with Crippen LogP contribution in [0.5, 0.6) is 0 Å². The summed E-state index contributed by atoms with van der Waals surface area (Å²) in [5.41, 5.74) is 5.46. The molecule has 1 aliphatic rings. The number of benzene rings is 1. The molecule has 1 aliphatic heterocycles. The number of hydrogen-bond acceptors (Lipinski definition) is 2. The van der Waals surface area contributed by atoms with E-state index in [2.05, 4.69) is 5.32 Å². The van der Waals surface area contributed by atoms with Gasteiger partial charge in [0.15, 0.2) is 6.54 Å². The Kier molecular flexibility index (Phi) is 4.68. The summed E-state index contributed by atoms with van der Waals surface area (Å²) in [7, 11) is 0. The third-order valence-electron chi connectivity index (χ3n) is 3.65. The molecule has 0 saturated carbocycles. The van der Waals surface area contributed by atoms with Crippen molar-refractivity contribution < 1.29 is 18.9 Å². The van der Waals surface area contributed by atoms with E-state index in [-0.39, 0.29) is 30.0 Å². The number of rotatable bonds is 4. The van der Waals surface area contributed by atoms with Crippen LogP contribution in [-0.2, 0) is 9.59 Å². The van der Waals surface area contributed by atoms with Gasteiger partial charge in [-0.3, -0.25) is 9.59 Å². The highest BCUT2D eigenvalue weighted by Gasteiger charge is 2.27. The van der Waals surface area contributed by atoms with Gasteiger partial charge in [0, 0.05) is 18.8 Å². The lowest BCUT2D eigenvalue weighted by Gasteiger charge is -2.27. The molecular weight excluding hydrogens is 261 g/mol. The summed E-state index contributed by atoms with van der Waals surface area (Å²) in [6.45, 7) is 1.75. The van der Waals surface area contributed by atoms with Crippen molar-refractivity contribution in [2.24, 2.45) is 11.7 Å². The smallest absolute Gasteiger partial charge is 0.279 e. The van der Waals surface area contributed by atoms with Crippen LogP contribution in [0.25, 0.3) is 0 Å². The summed E-state index contributed by atoms with van der Waals surface area (Å²) in [5, 5.41) is 2.57. The first-order valence-corrected chi connectivity index (χ1v) is 6.73. The molecule has 0 aromatic heterocycles. The van der Waals surface area contributed by atoms with Gasteiger partial charge in [0.25, 0.3) is 5.91 Å². The van der Waals surface area contributed by atoms with Crippen LogP contribution in [0.15, 0.2) is 24.3 Å². The van der Waals surface area contributed by atoms with Crippen molar-refractivity contribution in [2.75, 3.05) is 25.0 Å². The number of para-hydroxylation sites is 1. The average molecular weight is 280 g/mol. The van der Waals surface area contributed by atoms with E-state index in [0.29, 0.717) is 12.8 Å². The van der Waals surface area contributed by atoms with Gasteiger partial charge >= 0.3 is 0 Å². The second-order valence-corrected chi connectivity index (χ2v) is 5.13. The van der Waals surface area contributed by atoms with Gasteiger partial charge < -0.3 is 16.0 Å². The van der Waals surface area contributed by atoms with Crippen molar-refractivity contribution in [3.8, 4) is 0 Å². The molecule has 2 rings (SSSR count). The SMILES string of the molecule is NC(=O)C1CC[NH+](CC(=O)Nc2ccccc2F)CC1. The lowest BCUT2D eigenvalue weighted by Crippen LogP contribution is -3.14. The highest BCUT2D eigenvalue weighted by Crippen LogP contribution is 2.12. The van der Waals surface area contributed by atoms with Crippen molar-refractivity contribution in [2.45, 2.75) is 12.8 Å². The van der Waals surface area contributed by atoms with Gasteiger partial charge in [0.05, 0.1) is 18.8 Å². The summed E-state index contributed by atoms with van der Waals surface area (Å²) in [6, 6.07) is 6.08. The number of halogens is 1.